The minimum absolute atomic E-state index is 0.0257. The monoisotopic (exact) mass is 305 g/mol. The van der Waals surface area contributed by atoms with E-state index in [1.165, 1.54) is 0 Å². The Labute approximate surface area is 115 Å². The van der Waals surface area contributed by atoms with Crippen molar-refractivity contribution in [2.24, 2.45) is 0 Å². The van der Waals surface area contributed by atoms with Gasteiger partial charge in [0.25, 0.3) is 0 Å². The molecule has 0 bridgehead atoms. The highest BCUT2D eigenvalue weighted by Gasteiger charge is 2.33. The maximum absolute atomic E-state index is 12.4. The standard InChI is InChI=1S/C11H10F3N3O2S/c1-5-7(6(2)19-17-5)3-9(18)16-10-15-8(4-20-10)11(12,13)14/h4H,3H2,1-2H3,(H,15,16,18). The van der Waals surface area contributed by atoms with Crippen LogP contribution in [0.3, 0.4) is 0 Å². The Morgan fingerprint density at radius 3 is 2.65 bits per heavy atom. The number of alkyl halides is 3. The van der Waals surface area contributed by atoms with Crippen molar-refractivity contribution in [2.45, 2.75) is 26.4 Å². The van der Waals surface area contributed by atoms with Crippen molar-refractivity contribution in [3.63, 3.8) is 0 Å². The molecule has 0 aromatic carbocycles. The molecule has 1 N–H and O–H groups in total. The molecule has 0 saturated heterocycles. The summed E-state index contributed by atoms with van der Waals surface area (Å²) in [7, 11) is 0. The Kier molecular flexibility index (Phi) is 3.80. The molecule has 0 aliphatic heterocycles. The van der Waals surface area contributed by atoms with Gasteiger partial charge in [0.1, 0.15) is 5.76 Å². The van der Waals surface area contributed by atoms with Crippen LogP contribution in [0.25, 0.3) is 0 Å². The first-order chi connectivity index (χ1) is 9.27. The quantitative estimate of drug-likeness (QED) is 0.946. The predicted octanol–water partition coefficient (Wildman–Crippen LogP) is 2.95. The van der Waals surface area contributed by atoms with Gasteiger partial charge in [-0.25, -0.2) is 4.98 Å². The lowest BCUT2D eigenvalue weighted by molar-refractivity contribution is -0.140. The van der Waals surface area contributed by atoms with E-state index < -0.39 is 17.8 Å². The zero-order chi connectivity index (χ0) is 14.9. The van der Waals surface area contributed by atoms with Crippen molar-refractivity contribution in [1.29, 1.82) is 0 Å². The molecule has 1 amide bonds. The van der Waals surface area contributed by atoms with Gasteiger partial charge in [-0.1, -0.05) is 5.16 Å². The van der Waals surface area contributed by atoms with E-state index in [-0.39, 0.29) is 11.6 Å². The minimum atomic E-state index is -4.51. The smallest absolute Gasteiger partial charge is 0.361 e. The Balaban J connectivity index is 2.04. The zero-order valence-corrected chi connectivity index (χ0v) is 11.4. The van der Waals surface area contributed by atoms with Crippen LogP contribution >= 0.6 is 11.3 Å². The first kappa shape index (κ1) is 14.5. The molecule has 2 rings (SSSR count). The number of rotatable bonds is 3. The molecule has 0 aliphatic carbocycles. The van der Waals surface area contributed by atoms with Crippen LogP contribution in [0.15, 0.2) is 9.90 Å². The van der Waals surface area contributed by atoms with Crippen molar-refractivity contribution >= 4 is 22.4 Å². The highest BCUT2D eigenvalue weighted by atomic mass is 32.1. The zero-order valence-electron chi connectivity index (χ0n) is 10.5. The lowest BCUT2D eigenvalue weighted by Crippen LogP contribution is -2.15. The number of anilines is 1. The molecule has 20 heavy (non-hydrogen) atoms. The summed E-state index contributed by atoms with van der Waals surface area (Å²) in [6.07, 6.45) is -4.54. The van der Waals surface area contributed by atoms with Crippen molar-refractivity contribution < 1.29 is 22.5 Å². The molecule has 2 aromatic rings. The summed E-state index contributed by atoms with van der Waals surface area (Å²) in [6, 6.07) is 0. The van der Waals surface area contributed by atoms with Crippen LogP contribution in [0.5, 0.6) is 0 Å². The molecule has 0 unspecified atom stereocenters. The van der Waals surface area contributed by atoms with Gasteiger partial charge in [0.05, 0.1) is 12.1 Å². The highest BCUT2D eigenvalue weighted by Crippen LogP contribution is 2.31. The van der Waals surface area contributed by atoms with Crippen molar-refractivity contribution in [2.75, 3.05) is 5.32 Å². The molecule has 9 heteroatoms. The van der Waals surface area contributed by atoms with E-state index in [1.54, 1.807) is 13.8 Å². The highest BCUT2D eigenvalue weighted by molar-refractivity contribution is 7.13. The molecule has 2 aromatic heterocycles. The maximum Gasteiger partial charge on any atom is 0.434 e. The van der Waals surface area contributed by atoms with Crippen molar-refractivity contribution in [3.05, 3.63) is 28.1 Å². The Morgan fingerprint density at radius 1 is 1.45 bits per heavy atom. The van der Waals surface area contributed by atoms with Gasteiger partial charge in [-0.05, 0) is 13.8 Å². The van der Waals surface area contributed by atoms with E-state index in [0.29, 0.717) is 17.0 Å². The number of carbonyl (C=O) groups is 1. The fourth-order valence-electron chi connectivity index (χ4n) is 1.54. The second kappa shape index (κ2) is 5.23. The number of hydrogen-bond donors (Lipinski definition) is 1. The van der Waals surface area contributed by atoms with E-state index in [2.05, 4.69) is 15.5 Å². The summed E-state index contributed by atoms with van der Waals surface area (Å²) >= 11 is 0.724. The molecular weight excluding hydrogens is 295 g/mol. The number of carbonyl (C=O) groups excluding carboxylic acids is 1. The van der Waals surface area contributed by atoms with Crippen molar-refractivity contribution in [1.82, 2.24) is 10.1 Å². The Morgan fingerprint density at radius 2 is 2.15 bits per heavy atom. The van der Waals surface area contributed by atoms with E-state index in [9.17, 15) is 18.0 Å². The average molecular weight is 305 g/mol. The van der Waals surface area contributed by atoms with Crippen LogP contribution in [-0.4, -0.2) is 16.0 Å². The minimum Gasteiger partial charge on any atom is -0.361 e. The fraction of sp³-hybridized carbons (Fsp3) is 0.364. The lowest BCUT2D eigenvalue weighted by Gasteiger charge is -2.02. The van der Waals surface area contributed by atoms with Crippen LogP contribution in [0.1, 0.15) is 22.7 Å². The Hall–Kier alpha value is -1.90. The summed E-state index contributed by atoms with van der Waals surface area (Å²) in [5, 5.41) is 6.79. The molecule has 0 atom stereocenters. The number of aryl methyl sites for hydroxylation is 2. The van der Waals surface area contributed by atoms with Gasteiger partial charge in [0.15, 0.2) is 10.8 Å². The molecule has 0 spiro atoms. The van der Waals surface area contributed by atoms with Crippen LogP contribution in [0.4, 0.5) is 18.3 Å². The molecule has 2 heterocycles. The van der Waals surface area contributed by atoms with Crippen LogP contribution in [0.2, 0.25) is 0 Å². The van der Waals surface area contributed by atoms with Crippen molar-refractivity contribution in [3.8, 4) is 0 Å². The first-order valence-electron chi connectivity index (χ1n) is 5.51. The van der Waals surface area contributed by atoms with E-state index in [1.807, 2.05) is 0 Å². The molecule has 0 saturated carbocycles. The normalized spacial score (nSPS) is 11.7. The number of hydrogen-bond acceptors (Lipinski definition) is 5. The van der Waals surface area contributed by atoms with Gasteiger partial charge in [0.2, 0.25) is 5.91 Å². The second-order valence-electron chi connectivity index (χ2n) is 4.06. The summed E-state index contributed by atoms with van der Waals surface area (Å²) in [6.45, 7) is 3.35. The maximum atomic E-state index is 12.4. The molecule has 5 nitrogen and oxygen atoms in total. The number of nitrogens with zero attached hydrogens (tertiary/aromatic N) is 2. The van der Waals surface area contributed by atoms with Crippen LogP contribution in [-0.2, 0) is 17.4 Å². The molecule has 0 radical (unpaired) electrons. The molecule has 0 aliphatic rings. The second-order valence-corrected chi connectivity index (χ2v) is 4.92. The van der Waals surface area contributed by atoms with E-state index in [0.717, 1.165) is 16.7 Å². The Bertz CT molecular complexity index is 614. The first-order valence-corrected chi connectivity index (χ1v) is 6.39. The van der Waals surface area contributed by atoms with E-state index >= 15 is 0 Å². The van der Waals surface area contributed by atoms with Gasteiger partial charge in [0, 0.05) is 10.9 Å². The average Bonchev–Trinajstić information content (AvgIpc) is 2.90. The number of amides is 1. The van der Waals surface area contributed by atoms with Gasteiger partial charge in [-0.2, -0.15) is 13.2 Å². The largest absolute Gasteiger partial charge is 0.434 e. The molecule has 0 fully saturated rings. The van der Waals surface area contributed by atoms with Crippen LogP contribution < -0.4 is 5.32 Å². The third kappa shape index (κ3) is 3.16. The number of halogens is 3. The topological polar surface area (TPSA) is 68.0 Å². The summed E-state index contributed by atoms with van der Waals surface area (Å²) < 4.78 is 42.0. The molecule has 108 valence electrons. The lowest BCUT2D eigenvalue weighted by atomic mass is 10.1. The molecular formula is C11H10F3N3O2S. The summed E-state index contributed by atoms with van der Waals surface area (Å²) in [4.78, 5) is 15.1. The van der Waals surface area contributed by atoms with Crippen LogP contribution in [0, 0.1) is 13.8 Å². The number of thiazole rings is 1. The fourth-order valence-corrected chi connectivity index (χ4v) is 2.27. The van der Waals surface area contributed by atoms with Gasteiger partial charge in [-0.15, -0.1) is 11.3 Å². The van der Waals surface area contributed by atoms with E-state index in [4.69, 9.17) is 4.52 Å². The third-order valence-electron chi connectivity index (χ3n) is 2.56. The third-order valence-corrected chi connectivity index (χ3v) is 3.32. The van der Waals surface area contributed by atoms with Gasteiger partial charge >= 0.3 is 6.18 Å². The van der Waals surface area contributed by atoms with Gasteiger partial charge < -0.3 is 9.84 Å². The summed E-state index contributed by atoms with van der Waals surface area (Å²) in [5.41, 5.74) is 0.179. The SMILES string of the molecule is Cc1noc(C)c1CC(=O)Nc1nc(C(F)(F)F)cs1. The predicted molar refractivity (Wildman–Crippen MR) is 65.4 cm³/mol. The summed E-state index contributed by atoms with van der Waals surface area (Å²) in [5.74, 6) is 0.0373. The number of aromatic nitrogens is 2. The number of nitrogens with one attached hydrogen (secondary N) is 1. The van der Waals surface area contributed by atoms with Gasteiger partial charge in [-0.3, -0.25) is 4.79 Å².